The van der Waals surface area contributed by atoms with Crippen LogP contribution in [0.15, 0.2) is 59.3 Å². The van der Waals surface area contributed by atoms with Crippen molar-refractivity contribution in [1.29, 1.82) is 0 Å². The summed E-state index contributed by atoms with van der Waals surface area (Å²) in [5.74, 6) is 0.260. The highest BCUT2D eigenvalue weighted by atomic mass is 16.3. The Morgan fingerprint density at radius 1 is 1.08 bits per heavy atom. The predicted octanol–water partition coefficient (Wildman–Crippen LogP) is 4.07. The zero-order valence-corrected chi connectivity index (χ0v) is 15.1. The number of carbonyl (C=O) groups is 2. The van der Waals surface area contributed by atoms with Gasteiger partial charge in [0.15, 0.2) is 5.78 Å². The lowest BCUT2D eigenvalue weighted by Crippen LogP contribution is -2.22. The van der Waals surface area contributed by atoms with Crippen molar-refractivity contribution in [2.45, 2.75) is 32.7 Å². The minimum Gasteiger partial charge on any atom is -0.467 e. The Hall–Kier alpha value is -3.08. The number of carbonyl (C=O) groups excluding carboxylic acids is 2. The molecule has 0 unspecified atom stereocenters. The summed E-state index contributed by atoms with van der Waals surface area (Å²) >= 11 is 0. The average molecular weight is 350 g/mol. The van der Waals surface area contributed by atoms with Gasteiger partial charge in [0.1, 0.15) is 11.5 Å². The van der Waals surface area contributed by atoms with Gasteiger partial charge in [0.05, 0.1) is 12.8 Å². The lowest BCUT2D eigenvalue weighted by molar-refractivity contribution is 0.0943. The van der Waals surface area contributed by atoms with Crippen LogP contribution in [0.1, 0.15) is 58.5 Å². The Balaban J connectivity index is 1.68. The van der Waals surface area contributed by atoms with E-state index < -0.39 is 0 Å². The van der Waals surface area contributed by atoms with E-state index in [4.69, 9.17) is 4.42 Å². The molecule has 5 heteroatoms. The van der Waals surface area contributed by atoms with Gasteiger partial charge in [-0.05, 0) is 29.2 Å². The summed E-state index contributed by atoms with van der Waals surface area (Å²) < 4.78 is 5.18. The molecule has 0 aliphatic carbocycles. The number of hydrogen-bond donors (Lipinski definition) is 2. The number of amides is 1. The molecular formula is C21H22N2O3. The maximum absolute atomic E-state index is 12.6. The van der Waals surface area contributed by atoms with Gasteiger partial charge in [0.25, 0.3) is 5.91 Å². The summed E-state index contributed by atoms with van der Waals surface area (Å²) in [5.41, 5.74) is 2.60. The fourth-order valence-corrected chi connectivity index (χ4v) is 2.62. The second-order valence-corrected chi connectivity index (χ2v) is 7.22. The molecular weight excluding hydrogens is 328 g/mol. The van der Waals surface area contributed by atoms with E-state index in [0.717, 1.165) is 0 Å². The number of hydrogen-bond acceptors (Lipinski definition) is 3. The van der Waals surface area contributed by atoms with Crippen molar-refractivity contribution in [3.05, 3.63) is 83.1 Å². The Bertz CT molecular complexity index is 898. The third-order valence-corrected chi connectivity index (χ3v) is 4.21. The van der Waals surface area contributed by atoms with Crippen LogP contribution in [0.3, 0.4) is 0 Å². The molecule has 1 aromatic carbocycles. The third-order valence-electron chi connectivity index (χ3n) is 4.21. The van der Waals surface area contributed by atoms with Gasteiger partial charge in [0.2, 0.25) is 0 Å². The smallest absolute Gasteiger partial charge is 0.268 e. The SMILES string of the molecule is CC(C)(C)c1ccc(C(=O)c2c[nH]c(C(=O)NCc3ccco3)c2)cc1. The Morgan fingerprint density at radius 2 is 1.81 bits per heavy atom. The number of aromatic nitrogens is 1. The van der Waals surface area contributed by atoms with Gasteiger partial charge in [-0.15, -0.1) is 0 Å². The van der Waals surface area contributed by atoms with Crippen LogP contribution in [0, 0.1) is 0 Å². The lowest BCUT2D eigenvalue weighted by atomic mass is 9.86. The summed E-state index contributed by atoms with van der Waals surface area (Å²) in [6, 6.07) is 12.7. The molecule has 3 rings (SSSR count). The van der Waals surface area contributed by atoms with E-state index in [2.05, 4.69) is 31.1 Å². The second kappa shape index (κ2) is 7.04. The zero-order valence-electron chi connectivity index (χ0n) is 15.1. The van der Waals surface area contributed by atoms with Crippen LogP contribution < -0.4 is 5.32 Å². The highest BCUT2D eigenvalue weighted by Gasteiger charge is 2.17. The molecule has 0 atom stereocenters. The molecule has 2 N–H and O–H groups in total. The molecule has 5 nitrogen and oxygen atoms in total. The topological polar surface area (TPSA) is 75.1 Å². The predicted molar refractivity (Wildman–Crippen MR) is 99.2 cm³/mol. The molecule has 26 heavy (non-hydrogen) atoms. The van der Waals surface area contributed by atoms with Crippen LogP contribution >= 0.6 is 0 Å². The van der Waals surface area contributed by atoms with E-state index in [9.17, 15) is 9.59 Å². The molecule has 2 aromatic heterocycles. The first-order valence-electron chi connectivity index (χ1n) is 8.49. The van der Waals surface area contributed by atoms with E-state index in [1.807, 2.05) is 24.3 Å². The first-order chi connectivity index (χ1) is 12.3. The van der Waals surface area contributed by atoms with Crippen LogP contribution in [0.5, 0.6) is 0 Å². The van der Waals surface area contributed by atoms with Crippen molar-refractivity contribution in [3.63, 3.8) is 0 Å². The van der Waals surface area contributed by atoms with Crippen molar-refractivity contribution in [2.75, 3.05) is 0 Å². The van der Waals surface area contributed by atoms with Gasteiger partial charge in [-0.3, -0.25) is 9.59 Å². The molecule has 0 spiro atoms. The summed E-state index contributed by atoms with van der Waals surface area (Å²) in [6.45, 7) is 6.68. The van der Waals surface area contributed by atoms with Crippen molar-refractivity contribution in [1.82, 2.24) is 10.3 Å². The fraction of sp³-hybridized carbons (Fsp3) is 0.238. The fourth-order valence-electron chi connectivity index (χ4n) is 2.62. The summed E-state index contributed by atoms with van der Waals surface area (Å²) in [5, 5.41) is 2.74. The molecule has 134 valence electrons. The zero-order chi connectivity index (χ0) is 18.7. The van der Waals surface area contributed by atoms with E-state index >= 15 is 0 Å². The van der Waals surface area contributed by atoms with Gasteiger partial charge >= 0.3 is 0 Å². The van der Waals surface area contributed by atoms with Crippen molar-refractivity contribution in [2.24, 2.45) is 0 Å². The summed E-state index contributed by atoms with van der Waals surface area (Å²) in [6.07, 6.45) is 3.11. The van der Waals surface area contributed by atoms with Gasteiger partial charge < -0.3 is 14.7 Å². The van der Waals surface area contributed by atoms with Crippen molar-refractivity contribution in [3.8, 4) is 0 Å². The molecule has 0 aliphatic heterocycles. The van der Waals surface area contributed by atoms with E-state index in [0.29, 0.717) is 29.1 Å². The molecule has 3 aromatic rings. The number of H-pyrrole nitrogens is 1. The monoisotopic (exact) mass is 350 g/mol. The molecule has 2 heterocycles. The molecule has 0 bridgehead atoms. The lowest BCUT2D eigenvalue weighted by Gasteiger charge is -2.18. The number of aromatic amines is 1. The maximum Gasteiger partial charge on any atom is 0.268 e. The second-order valence-electron chi connectivity index (χ2n) is 7.22. The van der Waals surface area contributed by atoms with Gasteiger partial charge in [0, 0.05) is 17.3 Å². The number of ketones is 1. The molecule has 0 saturated heterocycles. The van der Waals surface area contributed by atoms with E-state index in [1.54, 1.807) is 30.7 Å². The first kappa shape index (κ1) is 17.7. The Morgan fingerprint density at radius 3 is 2.42 bits per heavy atom. The summed E-state index contributed by atoms with van der Waals surface area (Å²) in [7, 11) is 0. The van der Waals surface area contributed by atoms with Crippen molar-refractivity contribution < 1.29 is 14.0 Å². The highest BCUT2D eigenvalue weighted by molar-refractivity contribution is 6.10. The standard InChI is InChI=1S/C21H22N2O3/c1-21(2,3)16-8-6-14(7-9-16)19(24)15-11-18(22-12-15)20(25)23-13-17-5-4-10-26-17/h4-12,22H,13H2,1-3H3,(H,23,25). The minimum absolute atomic E-state index is 0.0366. The molecule has 0 aliphatic rings. The minimum atomic E-state index is -0.288. The van der Waals surface area contributed by atoms with Crippen LogP contribution in [0.25, 0.3) is 0 Å². The average Bonchev–Trinajstić information content (AvgIpc) is 3.30. The number of nitrogens with one attached hydrogen (secondary N) is 2. The highest BCUT2D eigenvalue weighted by Crippen LogP contribution is 2.23. The first-order valence-corrected chi connectivity index (χ1v) is 8.49. The van der Waals surface area contributed by atoms with E-state index in [-0.39, 0.29) is 17.1 Å². The van der Waals surface area contributed by atoms with Gasteiger partial charge in [-0.25, -0.2) is 0 Å². The number of furan rings is 1. The maximum atomic E-state index is 12.6. The third kappa shape index (κ3) is 3.94. The summed E-state index contributed by atoms with van der Waals surface area (Å²) in [4.78, 5) is 27.7. The molecule has 1 amide bonds. The van der Waals surface area contributed by atoms with Crippen LogP contribution in [0.2, 0.25) is 0 Å². The number of rotatable bonds is 5. The number of benzene rings is 1. The molecule has 0 saturated carbocycles. The van der Waals surface area contributed by atoms with Crippen LogP contribution in [0.4, 0.5) is 0 Å². The molecule has 0 fully saturated rings. The molecule has 0 radical (unpaired) electrons. The largest absolute Gasteiger partial charge is 0.467 e. The Kier molecular flexibility index (Phi) is 4.80. The normalized spacial score (nSPS) is 11.3. The van der Waals surface area contributed by atoms with Crippen LogP contribution in [-0.2, 0) is 12.0 Å². The van der Waals surface area contributed by atoms with Crippen LogP contribution in [-0.4, -0.2) is 16.7 Å². The van der Waals surface area contributed by atoms with Gasteiger partial charge in [-0.1, -0.05) is 45.0 Å². The van der Waals surface area contributed by atoms with E-state index in [1.165, 1.54) is 5.56 Å². The van der Waals surface area contributed by atoms with Crippen molar-refractivity contribution >= 4 is 11.7 Å². The quantitative estimate of drug-likeness (QED) is 0.681. The Labute approximate surface area is 152 Å². The van der Waals surface area contributed by atoms with Gasteiger partial charge in [-0.2, -0.15) is 0 Å².